The number of nitrogens with zero attached hydrogens (tertiary/aromatic N) is 3. The Balaban J connectivity index is 1.63. The molecule has 1 saturated heterocycles. The largest absolute Gasteiger partial charge is 0.382 e. The second-order valence-electron chi connectivity index (χ2n) is 6.18. The highest BCUT2D eigenvalue weighted by molar-refractivity contribution is 7.17. The first kappa shape index (κ1) is 17.8. The Labute approximate surface area is 160 Å². The number of fused-ring (bicyclic) bond motifs is 1. The minimum Gasteiger partial charge on any atom is -0.382 e. The van der Waals surface area contributed by atoms with E-state index in [1.165, 1.54) is 11.3 Å². The van der Waals surface area contributed by atoms with Crippen molar-refractivity contribution in [1.82, 2.24) is 20.3 Å². The molecule has 0 radical (unpaired) electrons. The van der Waals surface area contributed by atoms with Crippen molar-refractivity contribution in [2.75, 3.05) is 32.2 Å². The monoisotopic (exact) mass is 385 g/mol. The first-order valence-corrected chi connectivity index (χ1v) is 9.42. The highest BCUT2D eigenvalue weighted by atomic mass is 32.1. The second-order valence-corrected chi connectivity index (χ2v) is 7.09. The van der Waals surface area contributed by atoms with Gasteiger partial charge in [-0.3, -0.25) is 9.78 Å². The molecule has 140 valence electrons. The van der Waals surface area contributed by atoms with Crippen LogP contribution in [-0.4, -0.2) is 53.8 Å². The summed E-state index contributed by atoms with van der Waals surface area (Å²) in [5.41, 5.74) is 2.05. The van der Waals surface area contributed by atoms with Crippen LogP contribution in [0.25, 0.3) is 10.2 Å². The van der Waals surface area contributed by atoms with E-state index in [0.717, 1.165) is 15.8 Å². The van der Waals surface area contributed by atoms with Gasteiger partial charge < -0.3 is 20.1 Å². The van der Waals surface area contributed by atoms with Crippen LogP contribution in [0.5, 0.6) is 0 Å². The van der Waals surface area contributed by atoms with Crippen LogP contribution in [-0.2, 0) is 9.47 Å². The Bertz CT molecular complexity index is 929. The molecule has 1 fully saturated rings. The number of nitrogens with one attached hydrogen (secondary N) is 2. The van der Waals surface area contributed by atoms with Crippen molar-refractivity contribution >= 4 is 33.4 Å². The topological polar surface area (TPSA) is 98.3 Å². The zero-order chi connectivity index (χ0) is 18.6. The van der Waals surface area contributed by atoms with Crippen molar-refractivity contribution in [1.29, 1.82) is 0 Å². The average Bonchev–Trinajstić information content (AvgIpc) is 3.13. The molecule has 0 aliphatic carbocycles. The molecule has 1 aliphatic heterocycles. The minimum atomic E-state index is -0.217. The number of aromatic nitrogens is 3. The van der Waals surface area contributed by atoms with Crippen molar-refractivity contribution < 1.29 is 14.3 Å². The predicted octanol–water partition coefficient (Wildman–Crippen LogP) is 2.01. The van der Waals surface area contributed by atoms with E-state index in [-0.39, 0.29) is 18.0 Å². The zero-order valence-electron chi connectivity index (χ0n) is 14.7. The van der Waals surface area contributed by atoms with Gasteiger partial charge in [-0.05, 0) is 23.1 Å². The van der Waals surface area contributed by atoms with Crippen LogP contribution in [0.2, 0.25) is 0 Å². The van der Waals surface area contributed by atoms with Gasteiger partial charge in [-0.15, -0.1) is 11.3 Å². The van der Waals surface area contributed by atoms with Crippen molar-refractivity contribution in [3.05, 3.63) is 47.2 Å². The first-order chi connectivity index (χ1) is 13.2. The van der Waals surface area contributed by atoms with Gasteiger partial charge in [0, 0.05) is 19.5 Å². The zero-order valence-corrected chi connectivity index (χ0v) is 15.5. The van der Waals surface area contributed by atoms with Crippen LogP contribution in [0.4, 0.5) is 5.95 Å². The van der Waals surface area contributed by atoms with E-state index in [1.54, 1.807) is 19.5 Å². The highest BCUT2D eigenvalue weighted by Crippen LogP contribution is 2.25. The molecule has 0 saturated carbocycles. The van der Waals surface area contributed by atoms with Crippen LogP contribution in [0.1, 0.15) is 22.1 Å². The standard InChI is InChI=1S/C18H19N5O3S/c1-25-10-14(11-3-2-5-19-7-11)22-18-21-13-4-6-27-16(13)15(23-18)17(24)20-12-8-26-9-12/h2-7,12,14H,8-10H2,1H3,(H,20,24)(H,21,22,23). The summed E-state index contributed by atoms with van der Waals surface area (Å²) in [5.74, 6) is 0.160. The van der Waals surface area contributed by atoms with E-state index >= 15 is 0 Å². The molecule has 9 heteroatoms. The van der Waals surface area contributed by atoms with Gasteiger partial charge >= 0.3 is 0 Å². The fraction of sp³-hybridized carbons (Fsp3) is 0.333. The molecular formula is C18H19N5O3S. The number of amides is 1. The molecule has 8 nitrogen and oxygen atoms in total. The lowest BCUT2D eigenvalue weighted by atomic mass is 10.1. The van der Waals surface area contributed by atoms with E-state index in [4.69, 9.17) is 9.47 Å². The van der Waals surface area contributed by atoms with Gasteiger partial charge in [0.2, 0.25) is 5.95 Å². The van der Waals surface area contributed by atoms with Gasteiger partial charge in [0.05, 0.1) is 42.1 Å². The number of anilines is 1. The summed E-state index contributed by atoms with van der Waals surface area (Å²) >= 11 is 1.45. The average molecular weight is 385 g/mol. The van der Waals surface area contributed by atoms with Crippen molar-refractivity contribution in [3.63, 3.8) is 0 Å². The molecule has 1 amide bonds. The number of hydrogen-bond donors (Lipinski definition) is 2. The number of thiophene rings is 1. The van der Waals surface area contributed by atoms with Gasteiger partial charge in [0.15, 0.2) is 5.69 Å². The lowest BCUT2D eigenvalue weighted by Gasteiger charge is -2.26. The third kappa shape index (κ3) is 3.90. The maximum Gasteiger partial charge on any atom is 0.271 e. The lowest BCUT2D eigenvalue weighted by molar-refractivity contribution is -0.00351. The summed E-state index contributed by atoms with van der Waals surface area (Å²) in [5, 5.41) is 8.11. The molecule has 1 unspecified atom stereocenters. The fourth-order valence-corrected chi connectivity index (χ4v) is 3.60. The van der Waals surface area contributed by atoms with Gasteiger partial charge in [-0.2, -0.15) is 0 Å². The van der Waals surface area contributed by atoms with E-state index in [9.17, 15) is 4.79 Å². The molecule has 4 rings (SSSR count). The van der Waals surface area contributed by atoms with Crippen molar-refractivity contribution in [3.8, 4) is 0 Å². The van der Waals surface area contributed by atoms with Gasteiger partial charge in [-0.1, -0.05) is 6.07 Å². The van der Waals surface area contributed by atoms with Crippen LogP contribution in [0.3, 0.4) is 0 Å². The minimum absolute atomic E-state index is 0.0375. The molecule has 0 aromatic carbocycles. The van der Waals surface area contributed by atoms with Gasteiger partial charge in [0.25, 0.3) is 5.91 Å². The molecule has 3 aromatic rings. The molecule has 1 aliphatic rings. The van der Waals surface area contributed by atoms with Crippen LogP contribution in [0, 0.1) is 0 Å². The molecule has 0 spiro atoms. The third-order valence-electron chi connectivity index (χ3n) is 4.22. The number of hydrogen-bond acceptors (Lipinski definition) is 8. The first-order valence-electron chi connectivity index (χ1n) is 8.54. The van der Waals surface area contributed by atoms with E-state index in [0.29, 0.717) is 31.5 Å². The second kappa shape index (κ2) is 7.95. The number of carbonyl (C=O) groups is 1. The van der Waals surface area contributed by atoms with Crippen molar-refractivity contribution in [2.45, 2.75) is 12.1 Å². The smallest absolute Gasteiger partial charge is 0.271 e. The quantitative estimate of drug-likeness (QED) is 0.642. The molecule has 3 aromatic heterocycles. The van der Waals surface area contributed by atoms with Crippen LogP contribution in [0.15, 0.2) is 36.0 Å². The predicted molar refractivity (Wildman–Crippen MR) is 102 cm³/mol. The number of ether oxygens (including phenoxy) is 2. The summed E-state index contributed by atoms with van der Waals surface area (Å²) in [4.78, 5) is 25.9. The lowest BCUT2D eigenvalue weighted by Crippen LogP contribution is -2.48. The Morgan fingerprint density at radius 1 is 1.41 bits per heavy atom. The Hall–Kier alpha value is -2.62. The Morgan fingerprint density at radius 3 is 3.00 bits per heavy atom. The maximum absolute atomic E-state index is 12.7. The number of rotatable bonds is 7. The third-order valence-corrected chi connectivity index (χ3v) is 5.13. The fourth-order valence-electron chi connectivity index (χ4n) is 2.78. The van der Waals surface area contributed by atoms with Gasteiger partial charge in [-0.25, -0.2) is 9.97 Å². The molecule has 0 bridgehead atoms. The Morgan fingerprint density at radius 2 is 2.30 bits per heavy atom. The summed E-state index contributed by atoms with van der Waals surface area (Å²) < 4.78 is 11.2. The summed E-state index contributed by atoms with van der Waals surface area (Å²) in [6, 6.07) is 5.55. The summed E-state index contributed by atoms with van der Waals surface area (Å²) in [7, 11) is 1.63. The maximum atomic E-state index is 12.7. The van der Waals surface area contributed by atoms with E-state index < -0.39 is 0 Å². The summed E-state index contributed by atoms with van der Waals surface area (Å²) in [6.45, 7) is 1.48. The molecule has 4 heterocycles. The van der Waals surface area contributed by atoms with E-state index in [1.807, 2.05) is 23.6 Å². The molecular weight excluding hydrogens is 366 g/mol. The number of carbonyl (C=O) groups excluding carboxylic acids is 1. The summed E-state index contributed by atoms with van der Waals surface area (Å²) in [6.07, 6.45) is 3.48. The van der Waals surface area contributed by atoms with Gasteiger partial charge in [0.1, 0.15) is 0 Å². The SMILES string of the molecule is COCC(Nc1nc(C(=O)NC2COC2)c2sccc2n1)c1cccnc1. The normalized spacial score (nSPS) is 15.3. The van der Waals surface area contributed by atoms with Crippen LogP contribution >= 0.6 is 11.3 Å². The molecule has 27 heavy (non-hydrogen) atoms. The number of pyridine rings is 1. The molecule has 1 atom stereocenters. The number of methoxy groups -OCH3 is 1. The van der Waals surface area contributed by atoms with Crippen LogP contribution < -0.4 is 10.6 Å². The van der Waals surface area contributed by atoms with E-state index in [2.05, 4.69) is 25.6 Å². The Kier molecular flexibility index (Phi) is 5.23. The molecule has 2 N–H and O–H groups in total. The van der Waals surface area contributed by atoms with Crippen molar-refractivity contribution in [2.24, 2.45) is 0 Å². The highest BCUT2D eigenvalue weighted by Gasteiger charge is 2.24.